The van der Waals surface area contributed by atoms with E-state index in [9.17, 15) is 9.59 Å². The van der Waals surface area contributed by atoms with E-state index in [1.165, 1.54) is 6.07 Å². The smallest absolute Gasteiger partial charge is 0.412 e. The van der Waals surface area contributed by atoms with Gasteiger partial charge in [-0.2, -0.15) is 0 Å². The van der Waals surface area contributed by atoms with Crippen LogP contribution in [0.1, 0.15) is 58.8 Å². The van der Waals surface area contributed by atoms with E-state index in [1.54, 1.807) is 26.2 Å². The summed E-state index contributed by atoms with van der Waals surface area (Å²) in [4.78, 5) is 22.1. The van der Waals surface area contributed by atoms with Gasteiger partial charge in [-0.05, 0) is 32.2 Å². The molecule has 0 bridgehead atoms. The minimum Gasteiger partial charge on any atom is -0.478 e. The van der Waals surface area contributed by atoms with Gasteiger partial charge in [-0.3, -0.25) is 5.32 Å². The van der Waals surface area contributed by atoms with Gasteiger partial charge in [0.1, 0.15) is 10.6 Å². The number of thiophene rings is 1. The van der Waals surface area contributed by atoms with Gasteiger partial charge in [-0.15, -0.1) is 11.3 Å². The number of hydrogen-bond donors (Lipinski definition) is 2. The molecule has 0 aliphatic heterocycles. The second-order valence-corrected chi connectivity index (χ2v) is 5.01. The number of hydrogen-bond acceptors (Lipinski definition) is 4. The molecule has 0 radical (unpaired) electrons. The molecule has 0 saturated carbocycles. The Labute approximate surface area is 125 Å². The summed E-state index contributed by atoms with van der Waals surface area (Å²) < 4.78 is 5.01. The lowest BCUT2D eigenvalue weighted by Crippen LogP contribution is -2.27. The summed E-state index contributed by atoms with van der Waals surface area (Å²) in [5, 5.41) is 13.1. The van der Waals surface area contributed by atoms with Crippen molar-refractivity contribution >= 4 is 28.4 Å². The summed E-state index contributed by atoms with van der Waals surface area (Å²) in [6, 6.07) is 1.43. The van der Waals surface area contributed by atoms with E-state index in [0.717, 1.165) is 11.3 Å². The molecule has 1 heterocycles. The van der Waals surface area contributed by atoms with Gasteiger partial charge in [-0.25, -0.2) is 9.59 Å². The fourth-order valence-electron chi connectivity index (χ4n) is 0.971. The van der Waals surface area contributed by atoms with Crippen LogP contribution in [0.5, 0.6) is 0 Å². The number of carbonyl (C=O) groups excluding carboxylic acids is 1. The average Bonchev–Trinajstić information content (AvgIpc) is 2.80. The van der Waals surface area contributed by atoms with Gasteiger partial charge in [0.25, 0.3) is 0 Å². The Bertz CT molecular complexity index is 408. The molecule has 0 unspecified atom stereocenters. The van der Waals surface area contributed by atoms with Crippen molar-refractivity contribution in [2.24, 2.45) is 0 Å². The van der Waals surface area contributed by atoms with E-state index in [0.29, 0.717) is 0 Å². The van der Waals surface area contributed by atoms with Gasteiger partial charge in [0.2, 0.25) is 0 Å². The second-order valence-electron chi connectivity index (χ2n) is 4.10. The molecule has 0 fully saturated rings. The molecule has 0 saturated heterocycles. The maximum absolute atomic E-state index is 11.4. The van der Waals surface area contributed by atoms with Crippen molar-refractivity contribution in [3.63, 3.8) is 0 Å². The van der Waals surface area contributed by atoms with E-state index in [2.05, 4.69) is 5.32 Å². The van der Waals surface area contributed by atoms with Crippen LogP contribution in [-0.4, -0.2) is 22.8 Å². The van der Waals surface area contributed by atoms with Crippen molar-refractivity contribution in [2.45, 2.75) is 54.1 Å². The molecule has 0 aromatic carbocycles. The molecule has 0 spiro atoms. The molecular formula is C14H25NO4S. The van der Waals surface area contributed by atoms with Crippen molar-refractivity contribution in [3.8, 4) is 0 Å². The van der Waals surface area contributed by atoms with Crippen LogP contribution in [0.4, 0.5) is 9.80 Å². The van der Waals surface area contributed by atoms with Crippen LogP contribution in [0, 0.1) is 0 Å². The van der Waals surface area contributed by atoms with Gasteiger partial charge in [0.05, 0.1) is 5.56 Å². The second kappa shape index (κ2) is 10.3. The molecule has 5 nitrogen and oxygen atoms in total. The van der Waals surface area contributed by atoms with Crippen LogP contribution in [0.25, 0.3) is 0 Å². The molecular weight excluding hydrogens is 278 g/mol. The van der Waals surface area contributed by atoms with E-state index in [1.807, 2.05) is 27.7 Å². The average molecular weight is 303 g/mol. The van der Waals surface area contributed by atoms with Gasteiger partial charge in [0.15, 0.2) is 0 Å². The number of aromatic carboxylic acids is 1. The van der Waals surface area contributed by atoms with E-state index >= 15 is 0 Å². The van der Waals surface area contributed by atoms with Crippen LogP contribution >= 0.6 is 11.3 Å². The van der Waals surface area contributed by atoms with Crippen molar-refractivity contribution in [1.82, 2.24) is 0 Å². The first-order valence-corrected chi connectivity index (χ1v) is 7.48. The lowest BCUT2D eigenvalue weighted by atomic mass is 10.2. The van der Waals surface area contributed by atoms with Crippen molar-refractivity contribution in [2.75, 3.05) is 5.32 Å². The maximum atomic E-state index is 11.4. The minimum absolute atomic E-state index is 0.0656. The lowest BCUT2D eigenvalue weighted by Gasteiger charge is -2.19. The fraction of sp³-hybridized carbons (Fsp3) is 0.571. The third-order valence-electron chi connectivity index (χ3n) is 1.51. The molecule has 0 aliphatic rings. The number of ether oxygens (including phenoxy) is 1. The van der Waals surface area contributed by atoms with Gasteiger partial charge < -0.3 is 9.84 Å². The van der Waals surface area contributed by atoms with Crippen molar-refractivity contribution in [3.05, 3.63) is 17.0 Å². The number of amides is 1. The van der Waals surface area contributed by atoms with E-state index in [-0.39, 0.29) is 10.6 Å². The summed E-state index contributed by atoms with van der Waals surface area (Å²) in [6.45, 7) is 13.2. The number of nitrogens with one attached hydrogen (secondary N) is 1. The topological polar surface area (TPSA) is 75.6 Å². The predicted molar refractivity (Wildman–Crippen MR) is 83.8 cm³/mol. The SMILES string of the molecule is CC.CC.CC(C)(C)OC(=O)Nc1sccc1C(=O)O. The molecule has 116 valence electrons. The maximum Gasteiger partial charge on any atom is 0.412 e. The summed E-state index contributed by atoms with van der Waals surface area (Å²) in [5.41, 5.74) is -0.541. The van der Waals surface area contributed by atoms with Gasteiger partial charge in [-0.1, -0.05) is 27.7 Å². The van der Waals surface area contributed by atoms with Gasteiger partial charge >= 0.3 is 12.1 Å². The molecule has 0 atom stereocenters. The Kier molecular flexibility index (Phi) is 10.6. The Hall–Kier alpha value is -1.56. The Balaban J connectivity index is 0. The summed E-state index contributed by atoms with van der Waals surface area (Å²) in [5.74, 6) is -1.08. The number of anilines is 1. The Morgan fingerprint density at radius 1 is 1.20 bits per heavy atom. The third kappa shape index (κ3) is 8.53. The highest BCUT2D eigenvalue weighted by Gasteiger charge is 2.19. The Morgan fingerprint density at radius 2 is 1.70 bits per heavy atom. The van der Waals surface area contributed by atoms with E-state index < -0.39 is 17.7 Å². The fourth-order valence-corrected chi connectivity index (χ4v) is 1.74. The highest BCUT2D eigenvalue weighted by atomic mass is 32.1. The molecule has 0 aliphatic carbocycles. The standard InChI is InChI=1S/C10H13NO4S.2C2H6/c1-10(2,3)15-9(14)11-7-6(8(12)13)4-5-16-7;2*1-2/h4-5H,1-3H3,(H,11,14)(H,12,13);2*1-2H3. The summed E-state index contributed by atoms with van der Waals surface area (Å²) in [6.07, 6.45) is -0.655. The molecule has 1 rings (SSSR count). The van der Waals surface area contributed by atoms with Crippen molar-refractivity contribution < 1.29 is 19.4 Å². The zero-order valence-electron chi connectivity index (χ0n) is 13.2. The summed E-state index contributed by atoms with van der Waals surface area (Å²) in [7, 11) is 0. The number of carboxylic acid groups (broad SMARTS) is 1. The Morgan fingerprint density at radius 3 is 2.10 bits per heavy atom. The van der Waals surface area contributed by atoms with Crippen LogP contribution in [-0.2, 0) is 4.74 Å². The first-order chi connectivity index (χ1) is 9.29. The zero-order valence-corrected chi connectivity index (χ0v) is 14.1. The first-order valence-electron chi connectivity index (χ1n) is 6.60. The highest BCUT2D eigenvalue weighted by Crippen LogP contribution is 2.23. The number of carboxylic acids is 1. The number of rotatable bonds is 2. The quantitative estimate of drug-likeness (QED) is 0.819. The minimum atomic E-state index is -1.08. The van der Waals surface area contributed by atoms with Crippen LogP contribution in [0.15, 0.2) is 11.4 Å². The van der Waals surface area contributed by atoms with Crippen LogP contribution < -0.4 is 5.32 Å². The largest absolute Gasteiger partial charge is 0.478 e. The summed E-state index contributed by atoms with van der Waals surface area (Å²) >= 11 is 1.14. The zero-order chi connectivity index (χ0) is 16.3. The lowest BCUT2D eigenvalue weighted by molar-refractivity contribution is 0.0636. The van der Waals surface area contributed by atoms with E-state index in [4.69, 9.17) is 9.84 Å². The predicted octanol–water partition coefficient (Wildman–Crippen LogP) is 4.85. The van der Waals surface area contributed by atoms with Crippen LogP contribution in [0.2, 0.25) is 0 Å². The third-order valence-corrected chi connectivity index (χ3v) is 2.34. The molecule has 20 heavy (non-hydrogen) atoms. The molecule has 1 amide bonds. The monoisotopic (exact) mass is 303 g/mol. The molecule has 2 N–H and O–H groups in total. The normalized spacial score (nSPS) is 9.35. The van der Waals surface area contributed by atoms with Crippen molar-refractivity contribution in [1.29, 1.82) is 0 Å². The van der Waals surface area contributed by atoms with Gasteiger partial charge in [0, 0.05) is 0 Å². The molecule has 1 aromatic heterocycles. The van der Waals surface area contributed by atoms with Crippen LogP contribution in [0.3, 0.4) is 0 Å². The molecule has 1 aromatic rings. The number of carbonyl (C=O) groups is 2. The highest BCUT2D eigenvalue weighted by molar-refractivity contribution is 7.14. The first kappa shape index (κ1) is 20.8. The molecule has 6 heteroatoms.